The van der Waals surface area contributed by atoms with E-state index in [1.54, 1.807) is 7.05 Å². The van der Waals surface area contributed by atoms with Crippen molar-refractivity contribution in [2.24, 2.45) is 0 Å². The molecule has 1 aromatic carbocycles. The van der Waals surface area contributed by atoms with Gasteiger partial charge in [0.1, 0.15) is 0 Å². The first-order valence-electron chi connectivity index (χ1n) is 4.19. The lowest BCUT2D eigenvalue weighted by Gasteiger charge is -2.06. The Morgan fingerprint density at radius 1 is 1.54 bits per heavy atom. The molecule has 0 aliphatic heterocycles. The molecule has 0 saturated carbocycles. The van der Waals surface area contributed by atoms with Crippen molar-refractivity contribution < 1.29 is 4.79 Å². The van der Waals surface area contributed by atoms with Crippen molar-refractivity contribution in [3.8, 4) is 0 Å². The molecule has 0 unspecified atom stereocenters. The van der Waals surface area contributed by atoms with Gasteiger partial charge in [0.25, 0.3) is 5.91 Å². The molecule has 1 rings (SSSR count). The number of carbonyl (C=O) groups is 1. The average molecular weight is 242 g/mol. The van der Waals surface area contributed by atoms with E-state index in [1.165, 1.54) is 0 Å². The van der Waals surface area contributed by atoms with E-state index in [9.17, 15) is 4.79 Å². The Hall–Kier alpha value is -0.830. The molecule has 0 aromatic heterocycles. The number of halogens is 1. The second kappa shape index (κ2) is 4.42. The molecule has 0 aliphatic rings. The Balaban J connectivity index is 3.15. The van der Waals surface area contributed by atoms with Gasteiger partial charge >= 0.3 is 0 Å². The number of amides is 1. The number of rotatable bonds is 2. The van der Waals surface area contributed by atoms with Crippen LogP contribution in [0.4, 0.5) is 0 Å². The van der Waals surface area contributed by atoms with Gasteiger partial charge in [-0.3, -0.25) is 4.79 Å². The maximum atomic E-state index is 11.4. The fraction of sp³-hybridized carbons (Fsp3) is 0.300. The summed E-state index contributed by atoms with van der Waals surface area (Å²) in [5, 5.41) is 2.62. The maximum absolute atomic E-state index is 11.4. The van der Waals surface area contributed by atoms with Crippen LogP contribution in [0.25, 0.3) is 0 Å². The van der Waals surface area contributed by atoms with Gasteiger partial charge in [0.15, 0.2) is 0 Å². The van der Waals surface area contributed by atoms with E-state index >= 15 is 0 Å². The molecule has 1 N–H and O–H groups in total. The molecular weight excluding hydrogens is 230 g/mol. The summed E-state index contributed by atoms with van der Waals surface area (Å²) in [7, 11) is 1.64. The number of nitrogens with one attached hydrogen (secondary N) is 1. The Bertz CT molecular complexity index is 323. The van der Waals surface area contributed by atoms with Crippen molar-refractivity contribution in [3.05, 3.63) is 33.8 Å². The van der Waals surface area contributed by atoms with Crippen LogP contribution in [-0.2, 0) is 6.42 Å². The van der Waals surface area contributed by atoms with Crippen LogP contribution in [0, 0.1) is 0 Å². The quantitative estimate of drug-likeness (QED) is 0.847. The lowest BCUT2D eigenvalue weighted by molar-refractivity contribution is 0.0962. The Kier molecular flexibility index (Phi) is 3.48. The zero-order chi connectivity index (χ0) is 9.84. The predicted molar refractivity (Wildman–Crippen MR) is 56.9 cm³/mol. The SMILES string of the molecule is CCc1ccc(Br)cc1C(=O)NC. The monoisotopic (exact) mass is 241 g/mol. The fourth-order valence-electron chi connectivity index (χ4n) is 1.20. The van der Waals surface area contributed by atoms with Gasteiger partial charge in [-0.1, -0.05) is 28.9 Å². The number of hydrogen-bond acceptors (Lipinski definition) is 1. The molecule has 0 aliphatic carbocycles. The second-order valence-corrected chi connectivity index (χ2v) is 3.65. The summed E-state index contributed by atoms with van der Waals surface area (Å²) in [6, 6.07) is 5.76. The van der Waals surface area contributed by atoms with E-state index < -0.39 is 0 Å². The molecule has 0 spiro atoms. The zero-order valence-electron chi connectivity index (χ0n) is 7.73. The lowest BCUT2D eigenvalue weighted by Crippen LogP contribution is -2.19. The third-order valence-electron chi connectivity index (χ3n) is 1.92. The third kappa shape index (κ3) is 2.31. The minimum atomic E-state index is -0.0295. The predicted octanol–water partition coefficient (Wildman–Crippen LogP) is 2.37. The van der Waals surface area contributed by atoms with Crippen molar-refractivity contribution >= 4 is 21.8 Å². The Morgan fingerprint density at radius 3 is 2.77 bits per heavy atom. The first-order valence-corrected chi connectivity index (χ1v) is 4.98. The van der Waals surface area contributed by atoms with Crippen LogP contribution < -0.4 is 5.32 Å². The highest BCUT2D eigenvalue weighted by Crippen LogP contribution is 2.17. The number of carbonyl (C=O) groups excluding carboxylic acids is 1. The lowest BCUT2D eigenvalue weighted by atomic mass is 10.1. The standard InChI is InChI=1S/C10H12BrNO/c1-3-7-4-5-8(11)6-9(7)10(13)12-2/h4-6H,3H2,1-2H3,(H,12,13). The number of hydrogen-bond donors (Lipinski definition) is 1. The van der Waals surface area contributed by atoms with E-state index in [1.807, 2.05) is 25.1 Å². The number of aryl methyl sites for hydroxylation is 1. The summed E-state index contributed by atoms with van der Waals surface area (Å²) in [6.45, 7) is 2.04. The van der Waals surface area contributed by atoms with Crippen LogP contribution in [-0.4, -0.2) is 13.0 Å². The van der Waals surface area contributed by atoms with Crippen molar-refractivity contribution in [2.75, 3.05) is 7.05 Å². The van der Waals surface area contributed by atoms with Crippen LogP contribution in [0.15, 0.2) is 22.7 Å². The minimum Gasteiger partial charge on any atom is -0.355 e. The molecular formula is C10H12BrNO. The van der Waals surface area contributed by atoms with E-state index in [-0.39, 0.29) is 5.91 Å². The average Bonchev–Trinajstić information content (AvgIpc) is 2.16. The normalized spacial score (nSPS) is 9.77. The summed E-state index contributed by atoms with van der Waals surface area (Å²) in [4.78, 5) is 11.4. The largest absolute Gasteiger partial charge is 0.355 e. The molecule has 3 heteroatoms. The van der Waals surface area contributed by atoms with Crippen LogP contribution in [0.1, 0.15) is 22.8 Å². The van der Waals surface area contributed by atoms with Gasteiger partial charge in [0.2, 0.25) is 0 Å². The van der Waals surface area contributed by atoms with Crippen LogP contribution in [0.3, 0.4) is 0 Å². The summed E-state index contributed by atoms with van der Waals surface area (Å²) in [5.41, 5.74) is 1.82. The molecule has 0 radical (unpaired) electrons. The van der Waals surface area contributed by atoms with E-state index in [0.29, 0.717) is 0 Å². The molecule has 0 bridgehead atoms. The Labute approximate surface area is 86.5 Å². The third-order valence-corrected chi connectivity index (χ3v) is 2.42. The molecule has 1 aromatic rings. The summed E-state index contributed by atoms with van der Waals surface area (Å²) < 4.78 is 0.934. The van der Waals surface area contributed by atoms with Crippen LogP contribution in [0.5, 0.6) is 0 Å². The topological polar surface area (TPSA) is 29.1 Å². The van der Waals surface area contributed by atoms with Crippen molar-refractivity contribution in [1.82, 2.24) is 5.32 Å². The summed E-state index contributed by atoms with van der Waals surface area (Å²) in [5.74, 6) is -0.0295. The molecule has 0 atom stereocenters. The zero-order valence-corrected chi connectivity index (χ0v) is 9.31. The molecule has 0 heterocycles. The van der Waals surface area contributed by atoms with Gasteiger partial charge in [-0.15, -0.1) is 0 Å². The fourth-order valence-corrected chi connectivity index (χ4v) is 1.56. The van der Waals surface area contributed by atoms with Gasteiger partial charge in [-0.25, -0.2) is 0 Å². The minimum absolute atomic E-state index is 0.0295. The molecule has 70 valence electrons. The highest BCUT2D eigenvalue weighted by atomic mass is 79.9. The van der Waals surface area contributed by atoms with Gasteiger partial charge < -0.3 is 5.32 Å². The van der Waals surface area contributed by atoms with Crippen molar-refractivity contribution in [2.45, 2.75) is 13.3 Å². The summed E-state index contributed by atoms with van der Waals surface area (Å²) in [6.07, 6.45) is 0.871. The highest BCUT2D eigenvalue weighted by Gasteiger charge is 2.08. The summed E-state index contributed by atoms with van der Waals surface area (Å²) >= 11 is 3.34. The van der Waals surface area contributed by atoms with Crippen LogP contribution >= 0.6 is 15.9 Å². The van der Waals surface area contributed by atoms with Crippen LogP contribution in [0.2, 0.25) is 0 Å². The van der Waals surface area contributed by atoms with Crippen molar-refractivity contribution in [1.29, 1.82) is 0 Å². The smallest absolute Gasteiger partial charge is 0.251 e. The van der Waals surface area contributed by atoms with Crippen molar-refractivity contribution in [3.63, 3.8) is 0 Å². The first-order chi connectivity index (χ1) is 6.19. The molecule has 2 nitrogen and oxygen atoms in total. The van der Waals surface area contributed by atoms with E-state index in [0.717, 1.165) is 22.0 Å². The highest BCUT2D eigenvalue weighted by molar-refractivity contribution is 9.10. The molecule has 1 amide bonds. The van der Waals surface area contributed by atoms with Gasteiger partial charge in [-0.05, 0) is 24.1 Å². The first kappa shape index (κ1) is 10.3. The molecule has 13 heavy (non-hydrogen) atoms. The van der Waals surface area contributed by atoms with E-state index in [2.05, 4.69) is 21.2 Å². The number of benzene rings is 1. The molecule has 0 fully saturated rings. The van der Waals surface area contributed by atoms with Gasteiger partial charge in [-0.2, -0.15) is 0 Å². The second-order valence-electron chi connectivity index (χ2n) is 2.73. The van der Waals surface area contributed by atoms with Gasteiger partial charge in [0.05, 0.1) is 0 Å². The van der Waals surface area contributed by atoms with Gasteiger partial charge in [0, 0.05) is 17.1 Å². The van der Waals surface area contributed by atoms with E-state index in [4.69, 9.17) is 0 Å². The Morgan fingerprint density at radius 2 is 2.23 bits per heavy atom. The maximum Gasteiger partial charge on any atom is 0.251 e. The molecule has 0 saturated heterocycles.